The molecule has 1 fully saturated rings. The number of anilines is 1. The molecule has 0 unspecified atom stereocenters. The van der Waals surface area contributed by atoms with E-state index in [0.717, 1.165) is 0 Å². The van der Waals surface area contributed by atoms with Crippen LogP contribution in [0.2, 0.25) is 10.0 Å². The van der Waals surface area contributed by atoms with Crippen molar-refractivity contribution in [2.75, 3.05) is 32.6 Å². The van der Waals surface area contributed by atoms with Gasteiger partial charge in [0.05, 0.1) is 35.7 Å². The molecule has 30 heavy (non-hydrogen) atoms. The molecule has 162 valence electrons. The van der Waals surface area contributed by atoms with E-state index in [9.17, 15) is 13.2 Å². The van der Waals surface area contributed by atoms with Gasteiger partial charge in [-0.15, -0.1) is 0 Å². The summed E-state index contributed by atoms with van der Waals surface area (Å²) in [7, 11) is -0.775. The highest BCUT2D eigenvalue weighted by Gasteiger charge is 2.33. The molecule has 0 bridgehead atoms. The van der Waals surface area contributed by atoms with E-state index < -0.39 is 15.9 Å². The standard InChI is InChI=1S/C20H22Cl2N2O5S/c1-28-18-11-17(19(29-2)10-16(18)22)23-20(25)13-4-3-9-24(12-13)30(26,27)15-7-5-14(21)6-8-15/h5-8,10-11,13H,3-4,9,12H2,1-2H3,(H,23,25)/t13-/m0/s1. The summed E-state index contributed by atoms with van der Waals surface area (Å²) < 4.78 is 37.7. The molecule has 0 aromatic heterocycles. The molecule has 2 aromatic rings. The second-order valence-electron chi connectivity index (χ2n) is 6.83. The zero-order valence-electron chi connectivity index (χ0n) is 16.5. The molecule has 1 amide bonds. The first kappa shape index (κ1) is 22.7. The predicted octanol–water partition coefficient (Wildman–Crippen LogP) is 4.05. The maximum absolute atomic E-state index is 12.9. The highest BCUT2D eigenvalue weighted by Crippen LogP contribution is 2.36. The molecule has 1 heterocycles. The molecule has 3 rings (SSSR count). The van der Waals surface area contributed by atoms with Crippen LogP contribution in [0.1, 0.15) is 12.8 Å². The third-order valence-corrected chi connectivity index (χ3v) is 7.36. The number of carbonyl (C=O) groups excluding carboxylic acids is 1. The number of amides is 1. The number of carbonyl (C=O) groups is 1. The van der Waals surface area contributed by atoms with Crippen LogP contribution in [0.25, 0.3) is 0 Å². The summed E-state index contributed by atoms with van der Waals surface area (Å²) in [6, 6.07) is 9.11. The molecular formula is C20H22Cl2N2O5S. The molecular weight excluding hydrogens is 451 g/mol. The fraction of sp³-hybridized carbons (Fsp3) is 0.350. The monoisotopic (exact) mass is 472 g/mol. The zero-order valence-corrected chi connectivity index (χ0v) is 18.9. The van der Waals surface area contributed by atoms with Crippen molar-refractivity contribution in [3.63, 3.8) is 0 Å². The van der Waals surface area contributed by atoms with Crippen molar-refractivity contribution < 1.29 is 22.7 Å². The first-order valence-electron chi connectivity index (χ1n) is 9.24. The number of hydrogen-bond acceptors (Lipinski definition) is 5. The van der Waals surface area contributed by atoms with Crippen LogP contribution < -0.4 is 14.8 Å². The van der Waals surface area contributed by atoms with E-state index in [0.29, 0.717) is 46.6 Å². The SMILES string of the molecule is COc1cc(NC(=O)[C@H]2CCCN(S(=O)(=O)c3ccc(Cl)cc3)C2)c(OC)cc1Cl. The Morgan fingerprint density at radius 1 is 1.10 bits per heavy atom. The summed E-state index contributed by atoms with van der Waals surface area (Å²) in [5, 5.41) is 3.62. The Morgan fingerprint density at radius 3 is 2.40 bits per heavy atom. The summed E-state index contributed by atoms with van der Waals surface area (Å²) in [6.45, 7) is 0.441. The van der Waals surface area contributed by atoms with Gasteiger partial charge in [-0.1, -0.05) is 23.2 Å². The number of nitrogens with one attached hydrogen (secondary N) is 1. The Labute approximate surface area is 185 Å². The summed E-state index contributed by atoms with van der Waals surface area (Å²) in [5.74, 6) is -0.0279. The molecule has 0 aliphatic carbocycles. The van der Waals surface area contributed by atoms with Crippen LogP contribution in [0.5, 0.6) is 11.5 Å². The van der Waals surface area contributed by atoms with Crippen molar-refractivity contribution in [3.05, 3.63) is 46.4 Å². The van der Waals surface area contributed by atoms with E-state index in [2.05, 4.69) is 5.32 Å². The van der Waals surface area contributed by atoms with Crippen molar-refractivity contribution in [1.82, 2.24) is 4.31 Å². The van der Waals surface area contributed by atoms with Gasteiger partial charge < -0.3 is 14.8 Å². The Hall–Kier alpha value is -2.00. The Bertz CT molecular complexity index is 1030. The van der Waals surface area contributed by atoms with E-state index in [-0.39, 0.29) is 17.3 Å². The Kier molecular flexibility index (Phi) is 7.13. The number of nitrogens with zero attached hydrogens (tertiary/aromatic N) is 1. The fourth-order valence-electron chi connectivity index (χ4n) is 3.32. The summed E-state index contributed by atoms with van der Waals surface area (Å²) >= 11 is 12.0. The molecule has 2 aromatic carbocycles. The van der Waals surface area contributed by atoms with E-state index in [1.54, 1.807) is 12.1 Å². The van der Waals surface area contributed by atoms with Crippen LogP contribution >= 0.6 is 23.2 Å². The second-order valence-corrected chi connectivity index (χ2v) is 9.61. The van der Waals surface area contributed by atoms with Crippen LogP contribution in [-0.2, 0) is 14.8 Å². The number of benzene rings is 2. The van der Waals surface area contributed by atoms with Gasteiger partial charge >= 0.3 is 0 Å². The number of rotatable bonds is 6. The number of sulfonamides is 1. The first-order chi connectivity index (χ1) is 14.3. The highest BCUT2D eigenvalue weighted by atomic mass is 35.5. The van der Waals surface area contributed by atoms with E-state index in [1.165, 1.54) is 42.8 Å². The average Bonchev–Trinajstić information content (AvgIpc) is 2.75. The minimum Gasteiger partial charge on any atom is -0.495 e. The molecule has 1 atom stereocenters. The van der Waals surface area contributed by atoms with Crippen LogP contribution in [0.4, 0.5) is 5.69 Å². The fourth-order valence-corrected chi connectivity index (χ4v) is 5.20. The molecule has 10 heteroatoms. The summed E-state index contributed by atoms with van der Waals surface area (Å²) in [4.78, 5) is 13.0. The average molecular weight is 473 g/mol. The summed E-state index contributed by atoms with van der Waals surface area (Å²) in [6.07, 6.45) is 1.15. The van der Waals surface area contributed by atoms with Crippen molar-refractivity contribution in [2.45, 2.75) is 17.7 Å². The van der Waals surface area contributed by atoms with Crippen LogP contribution in [0.15, 0.2) is 41.3 Å². The Morgan fingerprint density at radius 2 is 1.77 bits per heavy atom. The van der Waals surface area contributed by atoms with Gasteiger partial charge in [0.15, 0.2) is 0 Å². The molecule has 0 spiro atoms. The van der Waals surface area contributed by atoms with Gasteiger partial charge in [0, 0.05) is 30.2 Å². The van der Waals surface area contributed by atoms with E-state index in [4.69, 9.17) is 32.7 Å². The van der Waals surface area contributed by atoms with Crippen molar-refractivity contribution >= 4 is 44.8 Å². The van der Waals surface area contributed by atoms with Crippen molar-refractivity contribution in [2.24, 2.45) is 5.92 Å². The van der Waals surface area contributed by atoms with E-state index >= 15 is 0 Å². The molecule has 1 aliphatic heterocycles. The van der Waals surface area contributed by atoms with Gasteiger partial charge in [-0.05, 0) is 37.1 Å². The van der Waals surface area contributed by atoms with Crippen molar-refractivity contribution in [1.29, 1.82) is 0 Å². The van der Waals surface area contributed by atoms with Gasteiger partial charge in [-0.3, -0.25) is 4.79 Å². The third-order valence-electron chi connectivity index (χ3n) is 4.94. The van der Waals surface area contributed by atoms with Crippen LogP contribution in [0.3, 0.4) is 0 Å². The van der Waals surface area contributed by atoms with Gasteiger partial charge in [-0.2, -0.15) is 4.31 Å². The van der Waals surface area contributed by atoms with Crippen LogP contribution in [0, 0.1) is 5.92 Å². The van der Waals surface area contributed by atoms with E-state index in [1.807, 2.05) is 0 Å². The predicted molar refractivity (Wildman–Crippen MR) is 116 cm³/mol. The van der Waals surface area contributed by atoms with Gasteiger partial charge in [0.1, 0.15) is 11.5 Å². The molecule has 0 saturated carbocycles. The lowest BCUT2D eigenvalue weighted by Gasteiger charge is -2.31. The number of methoxy groups -OCH3 is 2. The first-order valence-corrected chi connectivity index (χ1v) is 11.4. The molecule has 0 radical (unpaired) electrons. The normalized spacial score (nSPS) is 17.4. The number of piperidine rings is 1. The lowest BCUT2D eigenvalue weighted by Crippen LogP contribution is -2.43. The number of hydrogen-bond donors (Lipinski definition) is 1. The highest BCUT2D eigenvalue weighted by molar-refractivity contribution is 7.89. The third kappa shape index (κ3) is 4.83. The van der Waals surface area contributed by atoms with Crippen LogP contribution in [-0.4, -0.2) is 45.9 Å². The van der Waals surface area contributed by atoms with Gasteiger partial charge in [-0.25, -0.2) is 8.42 Å². The van der Waals surface area contributed by atoms with Gasteiger partial charge in [0.25, 0.3) is 0 Å². The molecule has 7 nitrogen and oxygen atoms in total. The smallest absolute Gasteiger partial charge is 0.243 e. The summed E-state index contributed by atoms with van der Waals surface area (Å²) in [5.41, 5.74) is 0.404. The zero-order chi connectivity index (χ0) is 21.9. The lowest BCUT2D eigenvalue weighted by atomic mass is 9.98. The number of halogens is 2. The Balaban J connectivity index is 1.77. The maximum Gasteiger partial charge on any atom is 0.243 e. The van der Waals surface area contributed by atoms with Gasteiger partial charge in [0.2, 0.25) is 15.9 Å². The quantitative estimate of drug-likeness (QED) is 0.685. The maximum atomic E-state index is 12.9. The largest absolute Gasteiger partial charge is 0.495 e. The number of ether oxygens (including phenoxy) is 2. The van der Waals surface area contributed by atoms with Crippen molar-refractivity contribution in [3.8, 4) is 11.5 Å². The molecule has 1 saturated heterocycles. The molecule has 1 aliphatic rings. The minimum absolute atomic E-state index is 0.0871. The topological polar surface area (TPSA) is 84.9 Å². The minimum atomic E-state index is -3.71. The lowest BCUT2D eigenvalue weighted by molar-refractivity contribution is -0.120. The molecule has 1 N–H and O–H groups in total. The second kappa shape index (κ2) is 9.43.